The molecule has 1 heterocycles. The van der Waals surface area contributed by atoms with Gasteiger partial charge in [-0.1, -0.05) is 0 Å². The molecule has 0 aliphatic carbocycles. The van der Waals surface area contributed by atoms with Gasteiger partial charge >= 0.3 is 5.97 Å². The molecule has 0 atom stereocenters. The van der Waals surface area contributed by atoms with E-state index in [1.807, 2.05) is 0 Å². The second-order valence-electron chi connectivity index (χ2n) is 4.06. The summed E-state index contributed by atoms with van der Waals surface area (Å²) in [5.74, 6) is -1.29. The predicted molar refractivity (Wildman–Crippen MR) is 63.0 cm³/mol. The molecule has 0 saturated heterocycles. The van der Waals surface area contributed by atoms with E-state index in [2.05, 4.69) is 15.6 Å². The van der Waals surface area contributed by atoms with E-state index >= 15 is 0 Å². The van der Waals surface area contributed by atoms with Crippen LogP contribution in [-0.2, 0) is 4.79 Å². The van der Waals surface area contributed by atoms with E-state index in [1.165, 1.54) is 33.2 Å². The summed E-state index contributed by atoms with van der Waals surface area (Å²) in [5, 5.41) is 14.2. The van der Waals surface area contributed by atoms with Gasteiger partial charge in [0.15, 0.2) is 0 Å². The van der Waals surface area contributed by atoms with Crippen LogP contribution in [0.25, 0.3) is 0 Å². The minimum Gasteiger partial charge on any atom is -0.480 e. The zero-order valence-electron chi connectivity index (χ0n) is 9.94. The van der Waals surface area contributed by atoms with Gasteiger partial charge in [-0.2, -0.15) is 0 Å². The van der Waals surface area contributed by atoms with Crippen molar-refractivity contribution in [2.24, 2.45) is 0 Å². The molecule has 0 aliphatic heterocycles. The molecule has 0 fully saturated rings. The summed E-state index contributed by atoms with van der Waals surface area (Å²) in [4.78, 5) is 26.2. The number of rotatable bonds is 4. The van der Waals surface area contributed by atoms with Crippen LogP contribution < -0.4 is 10.6 Å². The van der Waals surface area contributed by atoms with Gasteiger partial charge in [0.05, 0.1) is 0 Å². The van der Waals surface area contributed by atoms with Crippen LogP contribution >= 0.6 is 0 Å². The van der Waals surface area contributed by atoms with Crippen LogP contribution in [0.3, 0.4) is 0 Å². The molecule has 0 saturated carbocycles. The van der Waals surface area contributed by atoms with Crippen LogP contribution in [0.5, 0.6) is 0 Å². The van der Waals surface area contributed by atoms with Crippen LogP contribution in [0, 0.1) is 0 Å². The minimum absolute atomic E-state index is 0.235. The lowest BCUT2D eigenvalue weighted by Crippen LogP contribution is -2.40. The van der Waals surface area contributed by atoms with Crippen LogP contribution in [-0.4, -0.2) is 34.6 Å². The van der Waals surface area contributed by atoms with E-state index in [9.17, 15) is 9.59 Å². The first-order chi connectivity index (χ1) is 7.86. The minimum atomic E-state index is -1.11. The van der Waals surface area contributed by atoms with E-state index in [-0.39, 0.29) is 11.6 Å². The normalized spacial score (nSPS) is 10.8. The zero-order valence-corrected chi connectivity index (χ0v) is 9.94. The number of aromatic nitrogens is 1. The number of carbonyl (C=O) groups is 2. The Balaban J connectivity index is 2.93. The van der Waals surface area contributed by atoms with Gasteiger partial charge in [-0.25, -0.2) is 4.79 Å². The molecule has 1 aromatic heterocycles. The molecule has 0 aromatic carbocycles. The maximum atomic E-state index is 11.3. The highest BCUT2D eigenvalue weighted by atomic mass is 16.4. The Kier molecular flexibility index (Phi) is 3.67. The predicted octanol–water partition coefficient (Wildman–Crippen LogP) is 0.716. The lowest BCUT2D eigenvalue weighted by atomic mass is 10.1. The van der Waals surface area contributed by atoms with Crippen LogP contribution in [0.4, 0.5) is 5.69 Å². The fourth-order valence-electron chi connectivity index (χ4n) is 1.17. The molecule has 3 N–H and O–H groups in total. The van der Waals surface area contributed by atoms with E-state index in [0.29, 0.717) is 5.69 Å². The Morgan fingerprint density at radius 3 is 2.59 bits per heavy atom. The standard InChI is InChI=1S/C11H15N3O3/c1-11(2,10(16)17)14-7-4-5-13-8(6-7)9(15)12-3/h4-6H,1-3H3,(H,12,15)(H,13,14)(H,16,17). The molecule has 0 spiro atoms. The number of nitrogens with one attached hydrogen (secondary N) is 2. The first kappa shape index (κ1) is 13.0. The van der Waals surface area contributed by atoms with Crippen molar-refractivity contribution < 1.29 is 14.7 Å². The van der Waals surface area contributed by atoms with Gasteiger partial charge in [-0.3, -0.25) is 9.78 Å². The van der Waals surface area contributed by atoms with Crippen LogP contribution in [0.1, 0.15) is 24.3 Å². The summed E-state index contributed by atoms with van der Waals surface area (Å²) in [6.07, 6.45) is 1.45. The molecule has 17 heavy (non-hydrogen) atoms. The highest BCUT2D eigenvalue weighted by Gasteiger charge is 2.26. The molecule has 1 aromatic rings. The van der Waals surface area contributed by atoms with Gasteiger partial charge < -0.3 is 15.7 Å². The first-order valence-electron chi connectivity index (χ1n) is 5.06. The number of carbonyl (C=O) groups excluding carboxylic acids is 1. The number of amides is 1. The molecule has 6 nitrogen and oxygen atoms in total. The smallest absolute Gasteiger partial charge is 0.328 e. The average molecular weight is 237 g/mol. The molecule has 1 amide bonds. The Morgan fingerprint density at radius 1 is 1.41 bits per heavy atom. The van der Waals surface area contributed by atoms with Gasteiger partial charge in [0.1, 0.15) is 11.2 Å². The number of anilines is 1. The number of carboxylic acid groups (broad SMARTS) is 1. The molecular weight excluding hydrogens is 222 g/mol. The van der Waals surface area contributed by atoms with E-state index in [1.54, 1.807) is 6.07 Å². The van der Waals surface area contributed by atoms with Gasteiger partial charge in [0, 0.05) is 18.9 Å². The molecule has 0 aliphatic rings. The Bertz CT molecular complexity index is 443. The number of pyridine rings is 1. The van der Waals surface area contributed by atoms with Crippen molar-refractivity contribution in [3.8, 4) is 0 Å². The van der Waals surface area contributed by atoms with Crippen molar-refractivity contribution in [2.45, 2.75) is 19.4 Å². The number of hydrogen-bond acceptors (Lipinski definition) is 4. The summed E-state index contributed by atoms with van der Waals surface area (Å²) >= 11 is 0. The van der Waals surface area contributed by atoms with E-state index in [4.69, 9.17) is 5.11 Å². The number of carboxylic acids is 1. The summed E-state index contributed by atoms with van der Waals surface area (Å²) in [6, 6.07) is 3.11. The lowest BCUT2D eigenvalue weighted by molar-refractivity contribution is -0.141. The second kappa shape index (κ2) is 4.82. The largest absolute Gasteiger partial charge is 0.480 e. The number of hydrogen-bond donors (Lipinski definition) is 3. The topological polar surface area (TPSA) is 91.3 Å². The summed E-state index contributed by atoms with van der Waals surface area (Å²) in [7, 11) is 1.51. The van der Waals surface area contributed by atoms with E-state index < -0.39 is 11.5 Å². The molecule has 92 valence electrons. The highest BCUT2D eigenvalue weighted by Crippen LogP contribution is 2.15. The summed E-state index contributed by atoms with van der Waals surface area (Å²) in [5.41, 5.74) is -0.342. The first-order valence-corrected chi connectivity index (χ1v) is 5.06. The molecule has 1 rings (SSSR count). The van der Waals surface area contributed by atoms with Crippen molar-refractivity contribution in [2.75, 3.05) is 12.4 Å². The Morgan fingerprint density at radius 2 is 2.06 bits per heavy atom. The summed E-state index contributed by atoms with van der Waals surface area (Å²) in [6.45, 7) is 3.07. The third kappa shape index (κ3) is 3.17. The molecule has 6 heteroatoms. The number of aliphatic carboxylic acids is 1. The van der Waals surface area contributed by atoms with Crippen LogP contribution in [0.2, 0.25) is 0 Å². The summed E-state index contributed by atoms with van der Waals surface area (Å²) < 4.78 is 0. The van der Waals surface area contributed by atoms with Crippen molar-refractivity contribution >= 4 is 17.6 Å². The van der Waals surface area contributed by atoms with Gasteiger partial charge in [-0.15, -0.1) is 0 Å². The average Bonchev–Trinajstić information content (AvgIpc) is 2.27. The quantitative estimate of drug-likeness (QED) is 0.717. The van der Waals surface area contributed by atoms with Crippen LogP contribution in [0.15, 0.2) is 18.3 Å². The fraction of sp³-hybridized carbons (Fsp3) is 0.364. The Labute approximate surface area is 99.1 Å². The highest BCUT2D eigenvalue weighted by molar-refractivity contribution is 5.93. The molecule has 0 bridgehead atoms. The van der Waals surface area contributed by atoms with Crippen molar-refractivity contribution in [1.82, 2.24) is 10.3 Å². The molecular formula is C11H15N3O3. The molecule has 0 unspecified atom stereocenters. The maximum absolute atomic E-state index is 11.3. The van der Waals surface area contributed by atoms with Gasteiger partial charge in [0.25, 0.3) is 5.91 Å². The monoisotopic (exact) mass is 237 g/mol. The van der Waals surface area contributed by atoms with Crippen molar-refractivity contribution in [1.29, 1.82) is 0 Å². The third-order valence-electron chi connectivity index (χ3n) is 2.21. The van der Waals surface area contributed by atoms with E-state index in [0.717, 1.165) is 0 Å². The SMILES string of the molecule is CNC(=O)c1cc(NC(C)(C)C(=O)O)ccn1. The Hall–Kier alpha value is -2.11. The number of nitrogens with zero attached hydrogens (tertiary/aromatic N) is 1. The zero-order chi connectivity index (χ0) is 13.1. The van der Waals surface area contributed by atoms with Gasteiger partial charge in [0.2, 0.25) is 0 Å². The third-order valence-corrected chi connectivity index (χ3v) is 2.21. The second-order valence-corrected chi connectivity index (χ2v) is 4.06. The molecule has 0 radical (unpaired) electrons. The van der Waals surface area contributed by atoms with Crippen molar-refractivity contribution in [3.63, 3.8) is 0 Å². The fourth-order valence-corrected chi connectivity index (χ4v) is 1.17. The maximum Gasteiger partial charge on any atom is 0.328 e. The van der Waals surface area contributed by atoms with Crippen molar-refractivity contribution in [3.05, 3.63) is 24.0 Å². The van der Waals surface area contributed by atoms with Gasteiger partial charge in [-0.05, 0) is 26.0 Å². The lowest BCUT2D eigenvalue weighted by Gasteiger charge is -2.22.